The van der Waals surface area contributed by atoms with E-state index in [-0.39, 0.29) is 10.8 Å². The van der Waals surface area contributed by atoms with Gasteiger partial charge >= 0.3 is 0 Å². The van der Waals surface area contributed by atoms with Crippen molar-refractivity contribution >= 4 is 29.3 Å². The topological polar surface area (TPSA) is 71.8 Å². The summed E-state index contributed by atoms with van der Waals surface area (Å²) in [5.41, 5.74) is 5.06. The molecule has 0 bridgehead atoms. The van der Waals surface area contributed by atoms with Crippen molar-refractivity contribution in [2.45, 2.75) is 5.16 Å². The molecule has 0 spiro atoms. The minimum absolute atomic E-state index is 0.0935. The minimum atomic E-state index is -0.619. The third kappa shape index (κ3) is 1.66. The van der Waals surface area contributed by atoms with E-state index in [4.69, 9.17) is 17.3 Å². The van der Waals surface area contributed by atoms with E-state index in [1.165, 1.54) is 11.8 Å². The van der Waals surface area contributed by atoms with Crippen molar-refractivity contribution in [1.82, 2.24) is 9.97 Å². The number of imidazole rings is 1. The number of amides is 1. The molecule has 0 aliphatic carbocycles. The van der Waals surface area contributed by atoms with Crippen LogP contribution in [0.3, 0.4) is 0 Å². The van der Waals surface area contributed by atoms with Crippen LogP contribution in [0.5, 0.6) is 0 Å². The summed E-state index contributed by atoms with van der Waals surface area (Å²) in [6.07, 6.45) is 1.82. The van der Waals surface area contributed by atoms with Gasteiger partial charge < -0.3 is 10.7 Å². The number of carbonyl (C=O) groups excluding carboxylic acids is 1. The lowest BCUT2D eigenvalue weighted by Crippen LogP contribution is -2.11. The van der Waals surface area contributed by atoms with E-state index < -0.39 is 5.91 Å². The number of primary amides is 1. The van der Waals surface area contributed by atoms with Gasteiger partial charge in [-0.25, -0.2) is 4.98 Å². The van der Waals surface area contributed by atoms with Crippen molar-refractivity contribution in [2.75, 3.05) is 6.26 Å². The maximum absolute atomic E-state index is 10.6. The zero-order valence-corrected chi connectivity index (χ0v) is 7.29. The van der Waals surface area contributed by atoms with E-state index in [0.717, 1.165) is 0 Å². The summed E-state index contributed by atoms with van der Waals surface area (Å²) in [6, 6.07) is 0. The Balaban J connectivity index is 3.07. The van der Waals surface area contributed by atoms with Crippen LogP contribution in [0.2, 0.25) is 5.15 Å². The number of nitrogens with two attached hydrogens (primary N) is 1. The number of nitrogens with one attached hydrogen (secondary N) is 1. The molecule has 0 aliphatic rings. The highest BCUT2D eigenvalue weighted by atomic mass is 35.5. The number of aromatic amines is 1. The molecule has 1 heterocycles. The Morgan fingerprint density at radius 1 is 1.82 bits per heavy atom. The van der Waals surface area contributed by atoms with Gasteiger partial charge in [0.2, 0.25) is 0 Å². The van der Waals surface area contributed by atoms with Gasteiger partial charge in [0.15, 0.2) is 10.9 Å². The van der Waals surface area contributed by atoms with Crippen LogP contribution in [0, 0.1) is 0 Å². The fourth-order valence-corrected chi connectivity index (χ4v) is 1.26. The van der Waals surface area contributed by atoms with Gasteiger partial charge in [-0.2, -0.15) is 0 Å². The summed E-state index contributed by atoms with van der Waals surface area (Å²) in [4.78, 5) is 17.1. The third-order valence-electron chi connectivity index (χ3n) is 1.06. The summed E-state index contributed by atoms with van der Waals surface area (Å²) in [7, 11) is 0. The number of hydrogen-bond donors (Lipinski definition) is 2. The molecule has 0 unspecified atom stereocenters. The molecular weight excluding hydrogens is 186 g/mol. The van der Waals surface area contributed by atoms with Crippen LogP contribution in [-0.2, 0) is 0 Å². The molecule has 1 rings (SSSR count). The predicted octanol–water partition coefficient (Wildman–Crippen LogP) is 0.884. The van der Waals surface area contributed by atoms with E-state index >= 15 is 0 Å². The summed E-state index contributed by atoms with van der Waals surface area (Å²) in [5, 5.41) is 0.783. The average molecular weight is 192 g/mol. The molecule has 60 valence electrons. The van der Waals surface area contributed by atoms with Gasteiger partial charge in [-0.1, -0.05) is 23.4 Å². The molecule has 4 nitrogen and oxygen atoms in total. The first-order valence-corrected chi connectivity index (χ1v) is 4.34. The summed E-state index contributed by atoms with van der Waals surface area (Å²) < 4.78 is 0. The number of H-pyrrole nitrogens is 1. The van der Waals surface area contributed by atoms with Crippen molar-refractivity contribution in [3.05, 3.63) is 10.8 Å². The maximum atomic E-state index is 10.6. The lowest BCUT2D eigenvalue weighted by molar-refractivity contribution is 0.0996. The molecule has 0 aliphatic heterocycles. The normalized spacial score (nSPS) is 10.0. The van der Waals surface area contributed by atoms with Gasteiger partial charge in [-0.3, -0.25) is 4.79 Å². The van der Waals surface area contributed by atoms with E-state index in [0.29, 0.717) is 5.16 Å². The van der Waals surface area contributed by atoms with Crippen molar-refractivity contribution < 1.29 is 4.79 Å². The monoisotopic (exact) mass is 191 g/mol. The zero-order valence-electron chi connectivity index (χ0n) is 5.72. The van der Waals surface area contributed by atoms with E-state index in [1.807, 2.05) is 6.26 Å². The van der Waals surface area contributed by atoms with Gasteiger partial charge in [0.25, 0.3) is 5.91 Å². The molecule has 0 aromatic carbocycles. The van der Waals surface area contributed by atoms with Gasteiger partial charge in [0.1, 0.15) is 5.15 Å². The highest BCUT2D eigenvalue weighted by Gasteiger charge is 2.11. The lowest BCUT2D eigenvalue weighted by atomic mass is 10.5. The van der Waals surface area contributed by atoms with Crippen LogP contribution in [0.4, 0.5) is 0 Å². The quantitative estimate of drug-likeness (QED) is 0.682. The molecule has 0 saturated carbocycles. The predicted molar refractivity (Wildman–Crippen MR) is 43.9 cm³/mol. The summed E-state index contributed by atoms with van der Waals surface area (Å²) in [5.74, 6) is -0.619. The average Bonchev–Trinajstić information content (AvgIpc) is 2.30. The second kappa shape index (κ2) is 3.15. The Morgan fingerprint density at radius 3 is 2.73 bits per heavy atom. The van der Waals surface area contributed by atoms with E-state index in [1.54, 1.807) is 0 Å². The van der Waals surface area contributed by atoms with E-state index in [9.17, 15) is 4.79 Å². The molecule has 1 aromatic rings. The molecule has 6 heteroatoms. The summed E-state index contributed by atoms with van der Waals surface area (Å²) >= 11 is 6.95. The van der Waals surface area contributed by atoms with Crippen molar-refractivity contribution in [3.8, 4) is 0 Å². The third-order valence-corrected chi connectivity index (χ3v) is 1.92. The molecule has 0 fully saturated rings. The first-order chi connectivity index (χ1) is 5.15. The molecule has 0 saturated heterocycles. The molecule has 11 heavy (non-hydrogen) atoms. The van der Waals surface area contributed by atoms with Crippen LogP contribution in [0.15, 0.2) is 5.16 Å². The van der Waals surface area contributed by atoms with Crippen LogP contribution in [0.25, 0.3) is 0 Å². The van der Waals surface area contributed by atoms with Crippen LogP contribution in [0.1, 0.15) is 10.5 Å². The number of aromatic nitrogens is 2. The molecular formula is C5H6ClN3OS. The fraction of sp³-hybridized carbons (Fsp3) is 0.200. The molecule has 0 radical (unpaired) electrons. The van der Waals surface area contributed by atoms with Crippen LogP contribution < -0.4 is 5.73 Å². The molecule has 0 atom stereocenters. The van der Waals surface area contributed by atoms with Crippen LogP contribution >= 0.6 is 23.4 Å². The Bertz CT molecular complexity index is 285. The SMILES string of the molecule is CSc1nc(C(N)=O)c(Cl)[nH]1. The Morgan fingerprint density at radius 2 is 2.45 bits per heavy atom. The number of hydrogen-bond acceptors (Lipinski definition) is 3. The number of halogens is 1. The Hall–Kier alpha value is -0.680. The first-order valence-electron chi connectivity index (χ1n) is 2.74. The highest BCUT2D eigenvalue weighted by Crippen LogP contribution is 2.17. The zero-order chi connectivity index (χ0) is 8.43. The Labute approximate surface area is 72.5 Å². The van der Waals surface area contributed by atoms with Crippen molar-refractivity contribution in [1.29, 1.82) is 0 Å². The molecule has 3 N–H and O–H groups in total. The number of carbonyl (C=O) groups is 1. The number of thioether (sulfide) groups is 1. The maximum Gasteiger partial charge on any atom is 0.270 e. The highest BCUT2D eigenvalue weighted by molar-refractivity contribution is 7.98. The van der Waals surface area contributed by atoms with Crippen molar-refractivity contribution in [3.63, 3.8) is 0 Å². The molecule has 1 aromatic heterocycles. The van der Waals surface area contributed by atoms with Gasteiger partial charge in [0.05, 0.1) is 0 Å². The smallest absolute Gasteiger partial charge is 0.270 e. The standard InChI is InChI=1S/C5H6ClN3OS/c1-11-5-8-2(4(7)10)3(6)9-5/h1H3,(H2,7,10)(H,8,9). The van der Waals surface area contributed by atoms with Gasteiger partial charge in [-0.15, -0.1) is 0 Å². The largest absolute Gasteiger partial charge is 0.364 e. The Kier molecular flexibility index (Phi) is 2.41. The lowest BCUT2D eigenvalue weighted by Gasteiger charge is -1.84. The first kappa shape index (κ1) is 8.42. The van der Waals surface area contributed by atoms with Crippen LogP contribution in [-0.4, -0.2) is 22.1 Å². The van der Waals surface area contributed by atoms with Gasteiger partial charge in [-0.05, 0) is 6.26 Å². The van der Waals surface area contributed by atoms with E-state index in [2.05, 4.69) is 9.97 Å². The van der Waals surface area contributed by atoms with Gasteiger partial charge in [0, 0.05) is 0 Å². The minimum Gasteiger partial charge on any atom is -0.364 e. The fourth-order valence-electron chi connectivity index (χ4n) is 0.592. The second-order valence-corrected chi connectivity index (χ2v) is 2.95. The second-order valence-electron chi connectivity index (χ2n) is 1.77. The number of nitrogens with zero attached hydrogens (tertiary/aromatic N) is 1. The van der Waals surface area contributed by atoms with Crippen molar-refractivity contribution in [2.24, 2.45) is 5.73 Å². The number of rotatable bonds is 2. The molecule has 1 amide bonds. The summed E-state index contributed by atoms with van der Waals surface area (Å²) in [6.45, 7) is 0.